The smallest absolute Gasteiger partial charge is 0.305 e. The van der Waals surface area contributed by atoms with E-state index in [0.29, 0.717) is 38.9 Å². The third-order valence-corrected chi connectivity index (χ3v) is 7.76. The molecular formula is C31H32O4. The zero-order chi connectivity index (χ0) is 24.5. The minimum atomic E-state index is -0.452. The summed E-state index contributed by atoms with van der Waals surface area (Å²) in [5, 5.41) is 0. The first-order valence-corrected chi connectivity index (χ1v) is 12.7. The predicted octanol–water partition coefficient (Wildman–Crippen LogP) is 6.09. The Hall–Kier alpha value is -3.40. The van der Waals surface area contributed by atoms with Crippen LogP contribution in [-0.4, -0.2) is 25.2 Å². The molecule has 35 heavy (non-hydrogen) atoms. The Morgan fingerprint density at radius 2 is 1.06 bits per heavy atom. The van der Waals surface area contributed by atoms with Gasteiger partial charge in [-0.3, -0.25) is 9.59 Å². The molecule has 0 heterocycles. The summed E-state index contributed by atoms with van der Waals surface area (Å²) in [6.45, 7) is 4.46. The van der Waals surface area contributed by atoms with Gasteiger partial charge in [0.05, 0.1) is 13.2 Å². The highest BCUT2D eigenvalue weighted by Crippen LogP contribution is 2.65. The Kier molecular flexibility index (Phi) is 6.22. The molecule has 0 saturated carbocycles. The van der Waals surface area contributed by atoms with Crippen molar-refractivity contribution in [2.45, 2.75) is 56.8 Å². The lowest BCUT2D eigenvalue weighted by atomic mass is 9.45. The predicted molar refractivity (Wildman–Crippen MR) is 136 cm³/mol. The first-order valence-electron chi connectivity index (χ1n) is 12.7. The van der Waals surface area contributed by atoms with Crippen LogP contribution < -0.4 is 0 Å². The largest absolute Gasteiger partial charge is 0.466 e. The Morgan fingerprint density at radius 3 is 1.40 bits per heavy atom. The number of rotatable bonds is 8. The Morgan fingerprint density at radius 1 is 0.686 bits per heavy atom. The highest BCUT2D eigenvalue weighted by atomic mass is 16.5. The fourth-order valence-electron chi connectivity index (χ4n) is 6.55. The second kappa shape index (κ2) is 9.33. The summed E-state index contributed by atoms with van der Waals surface area (Å²) >= 11 is 0. The van der Waals surface area contributed by atoms with Crippen LogP contribution in [0.2, 0.25) is 0 Å². The highest BCUT2D eigenvalue weighted by molar-refractivity contribution is 5.79. The van der Waals surface area contributed by atoms with Gasteiger partial charge >= 0.3 is 11.9 Å². The quantitative estimate of drug-likeness (QED) is 0.440. The van der Waals surface area contributed by atoms with Crippen LogP contribution in [0.25, 0.3) is 0 Å². The Labute approximate surface area is 207 Å². The normalized spacial score (nSPS) is 23.3. The summed E-state index contributed by atoms with van der Waals surface area (Å²) in [6, 6.07) is 17.2. The minimum Gasteiger partial charge on any atom is -0.466 e. The van der Waals surface area contributed by atoms with Gasteiger partial charge in [0.25, 0.3) is 0 Å². The van der Waals surface area contributed by atoms with Gasteiger partial charge in [0, 0.05) is 23.7 Å². The molecule has 4 aliphatic carbocycles. The van der Waals surface area contributed by atoms with Crippen molar-refractivity contribution in [2.24, 2.45) is 0 Å². The van der Waals surface area contributed by atoms with Crippen LogP contribution in [-0.2, 0) is 29.9 Å². The molecule has 0 radical (unpaired) electrons. The third-order valence-electron chi connectivity index (χ3n) is 7.76. The SMILES string of the molecule is CCOC(=O)CCC12C3=C(C=CCC=C3)C(CCC(=O)OCC)(c3ccccc31)c1ccccc12. The maximum atomic E-state index is 12.6. The van der Waals surface area contributed by atoms with Crippen LogP contribution in [0.1, 0.15) is 68.2 Å². The lowest BCUT2D eigenvalue weighted by molar-refractivity contribution is -0.144. The van der Waals surface area contributed by atoms with Crippen LogP contribution in [0.5, 0.6) is 0 Å². The van der Waals surface area contributed by atoms with E-state index in [0.717, 1.165) is 6.42 Å². The molecule has 0 spiro atoms. The first kappa shape index (κ1) is 23.3. The second-order valence-corrected chi connectivity index (χ2v) is 9.38. The van der Waals surface area contributed by atoms with E-state index in [4.69, 9.17) is 9.47 Å². The highest BCUT2D eigenvalue weighted by Gasteiger charge is 2.58. The molecule has 4 nitrogen and oxygen atoms in total. The minimum absolute atomic E-state index is 0.170. The van der Waals surface area contributed by atoms with Gasteiger partial charge in [-0.15, -0.1) is 0 Å². The zero-order valence-electron chi connectivity index (χ0n) is 20.5. The number of carbonyl (C=O) groups excluding carboxylic acids is 2. The van der Waals surface area contributed by atoms with E-state index in [1.54, 1.807) is 0 Å². The summed E-state index contributed by atoms with van der Waals surface area (Å²) < 4.78 is 10.7. The van der Waals surface area contributed by atoms with Gasteiger partial charge < -0.3 is 9.47 Å². The van der Waals surface area contributed by atoms with E-state index < -0.39 is 10.8 Å². The standard InChI is InChI=1S/C31H32O4/c1-3-34-28(32)18-20-30-22-12-6-5-7-13-23(22)31(21-19-29(33)35-4-2,26-16-10-8-14-24(26)30)27-17-11-9-15-25(27)30/h6-17H,3-5,18-21H2,1-2H3. The lowest BCUT2D eigenvalue weighted by Gasteiger charge is -2.57. The van der Waals surface area contributed by atoms with E-state index in [1.165, 1.54) is 33.4 Å². The van der Waals surface area contributed by atoms with Crippen molar-refractivity contribution >= 4 is 11.9 Å². The van der Waals surface area contributed by atoms with E-state index in [2.05, 4.69) is 72.8 Å². The number of allylic oxidation sites excluding steroid dienone is 6. The zero-order valence-corrected chi connectivity index (χ0v) is 20.5. The van der Waals surface area contributed by atoms with Crippen molar-refractivity contribution in [3.05, 3.63) is 106 Å². The van der Waals surface area contributed by atoms with Gasteiger partial charge in [-0.2, -0.15) is 0 Å². The van der Waals surface area contributed by atoms with Crippen molar-refractivity contribution < 1.29 is 19.1 Å². The van der Waals surface area contributed by atoms with Crippen LogP contribution in [0, 0.1) is 0 Å². The van der Waals surface area contributed by atoms with Gasteiger partial charge in [-0.25, -0.2) is 0 Å². The summed E-state index contributed by atoms with van der Waals surface area (Å²) in [4.78, 5) is 25.2. The van der Waals surface area contributed by atoms with Gasteiger partial charge in [-0.1, -0.05) is 72.8 Å². The summed E-state index contributed by atoms with van der Waals surface area (Å²) in [5.74, 6) is -0.339. The number of esters is 2. The van der Waals surface area contributed by atoms with Crippen molar-refractivity contribution in [3.8, 4) is 0 Å². The van der Waals surface area contributed by atoms with Crippen LogP contribution in [0.15, 0.2) is 84.0 Å². The maximum absolute atomic E-state index is 12.6. The van der Waals surface area contributed by atoms with Crippen molar-refractivity contribution in [1.82, 2.24) is 0 Å². The van der Waals surface area contributed by atoms with Crippen molar-refractivity contribution in [2.75, 3.05) is 13.2 Å². The molecule has 0 fully saturated rings. The average Bonchev–Trinajstić information content (AvgIpc) is 3.15. The topological polar surface area (TPSA) is 52.6 Å². The number of hydrogen-bond acceptors (Lipinski definition) is 4. The van der Waals surface area contributed by atoms with Crippen LogP contribution in [0.3, 0.4) is 0 Å². The van der Waals surface area contributed by atoms with Gasteiger partial charge in [0.15, 0.2) is 0 Å². The fourth-order valence-corrected chi connectivity index (χ4v) is 6.55. The van der Waals surface area contributed by atoms with Gasteiger partial charge in [-0.05, 0) is 66.5 Å². The summed E-state index contributed by atoms with van der Waals surface area (Å²) in [5.41, 5.74) is 6.47. The molecule has 0 saturated heterocycles. The monoisotopic (exact) mass is 468 g/mol. The van der Waals surface area contributed by atoms with E-state index in [-0.39, 0.29) is 11.9 Å². The second-order valence-electron chi connectivity index (χ2n) is 9.38. The van der Waals surface area contributed by atoms with E-state index in [1.807, 2.05) is 13.8 Å². The molecule has 4 heteroatoms. The molecule has 2 aromatic rings. The maximum Gasteiger partial charge on any atom is 0.305 e. The van der Waals surface area contributed by atoms with Gasteiger partial charge in [0.2, 0.25) is 0 Å². The Bertz CT molecular complexity index is 1100. The number of hydrogen-bond donors (Lipinski definition) is 0. The average molecular weight is 469 g/mol. The third kappa shape index (κ3) is 3.50. The van der Waals surface area contributed by atoms with Crippen LogP contribution in [0.4, 0.5) is 0 Å². The molecule has 0 atom stereocenters. The van der Waals surface area contributed by atoms with Crippen LogP contribution >= 0.6 is 0 Å². The lowest BCUT2D eigenvalue weighted by Crippen LogP contribution is -2.51. The molecule has 0 N–H and O–H groups in total. The molecule has 4 aliphatic rings. The molecule has 6 rings (SSSR count). The number of carbonyl (C=O) groups is 2. The molecule has 2 aromatic carbocycles. The molecule has 0 aromatic heterocycles. The summed E-state index contributed by atoms with van der Waals surface area (Å²) in [6.07, 6.45) is 11.7. The molecular weight excluding hydrogens is 436 g/mol. The molecule has 0 aliphatic heterocycles. The number of benzene rings is 2. The molecule has 0 unspecified atom stereocenters. The van der Waals surface area contributed by atoms with E-state index in [9.17, 15) is 9.59 Å². The van der Waals surface area contributed by atoms with Crippen molar-refractivity contribution in [1.29, 1.82) is 0 Å². The fraction of sp³-hybridized carbons (Fsp3) is 0.355. The molecule has 0 amide bonds. The first-order chi connectivity index (χ1) is 17.1. The molecule has 180 valence electrons. The summed E-state index contributed by atoms with van der Waals surface area (Å²) in [7, 11) is 0. The Balaban J connectivity index is 1.78. The van der Waals surface area contributed by atoms with Gasteiger partial charge in [0.1, 0.15) is 0 Å². The van der Waals surface area contributed by atoms with Crippen molar-refractivity contribution in [3.63, 3.8) is 0 Å². The van der Waals surface area contributed by atoms with E-state index >= 15 is 0 Å². The number of ether oxygens (including phenoxy) is 2. The molecule has 2 bridgehead atoms.